The van der Waals surface area contributed by atoms with Gasteiger partial charge in [-0.15, -0.1) is 0 Å². The third-order valence-electron chi connectivity index (χ3n) is 4.98. The van der Waals surface area contributed by atoms with E-state index in [1.165, 1.54) is 24.3 Å². The first-order valence-corrected chi connectivity index (χ1v) is 9.57. The van der Waals surface area contributed by atoms with E-state index in [1.54, 1.807) is 17.0 Å². The van der Waals surface area contributed by atoms with Crippen molar-refractivity contribution in [3.8, 4) is 5.75 Å². The molecule has 2 atom stereocenters. The van der Waals surface area contributed by atoms with Gasteiger partial charge in [0.1, 0.15) is 17.4 Å². The van der Waals surface area contributed by atoms with Crippen LogP contribution in [0.4, 0.5) is 8.78 Å². The molecule has 1 aliphatic rings. The molecule has 2 unspecified atom stereocenters. The Morgan fingerprint density at radius 2 is 1.75 bits per heavy atom. The summed E-state index contributed by atoms with van der Waals surface area (Å²) in [4.78, 5) is 16.7. The molecule has 1 fully saturated rings. The van der Waals surface area contributed by atoms with Gasteiger partial charge in [0.05, 0.1) is 5.02 Å². The lowest BCUT2D eigenvalue weighted by Gasteiger charge is -2.44. The van der Waals surface area contributed by atoms with E-state index in [9.17, 15) is 13.6 Å². The van der Waals surface area contributed by atoms with E-state index < -0.39 is 5.82 Å². The van der Waals surface area contributed by atoms with Gasteiger partial charge in [0.15, 0.2) is 6.61 Å². The van der Waals surface area contributed by atoms with Crippen molar-refractivity contribution in [2.45, 2.75) is 32.5 Å². The summed E-state index contributed by atoms with van der Waals surface area (Å²) < 4.78 is 31.7. The maximum Gasteiger partial charge on any atom is 0.260 e. The molecular weight excluding hydrogens is 386 g/mol. The molecule has 150 valence electrons. The Morgan fingerprint density at radius 3 is 2.43 bits per heavy atom. The van der Waals surface area contributed by atoms with Gasteiger partial charge in [0, 0.05) is 31.7 Å². The Labute approximate surface area is 168 Å². The molecule has 1 heterocycles. The third kappa shape index (κ3) is 5.00. The summed E-state index contributed by atoms with van der Waals surface area (Å²) in [5.74, 6) is -0.557. The maximum atomic E-state index is 13.1. The normalized spacial score (nSPS) is 20.2. The molecule has 0 radical (unpaired) electrons. The van der Waals surface area contributed by atoms with E-state index >= 15 is 0 Å². The van der Waals surface area contributed by atoms with E-state index in [-0.39, 0.29) is 41.2 Å². The number of hydrogen-bond donors (Lipinski definition) is 0. The lowest BCUT2D eigenvalue weighted by Crippen LogP contribution is -2.58. The lowest BCUT2D eigenvalue weighted by atomic mass is 10.1. The summed E-state index contributed by atoms with van der Waals surface area (Å²) in [6.07, 6.45) is 0. The summed E-state index contributed by atoms with van der Waals surface area (Å²) in [6.45, 7) is 5.89. The zero-order valence-electron chi connectivity index (χ0n) is 15.9. The molecule has 1 amide bonds. The van der Waals surface area contributed by atoms with Gasteiger partial charge in [0.25, 0.3) is 5.91 Å². The molecule has 28 heavy (non-hydrogen) atoms. The maximum absolute atomic E-state index is 13.1. The Hall–Kier alpha value is -2.18. The zero-order valence-corrected chi connectivity index (χ0v) is 16.6. The van der Waals surface area contributed by atoms with Crippen molar-refractivity contribution in [2.24, 2.45) is 0 Å². The molecule has 4 nitrogen and oxygen atoms in total. The first kappa shape index (κ1) is 20.6. The van der Waals surface area contributed by atoms with E-state index in [4.69, 9.17) is 16.3 Å². The molecule has 0 aromatic heterocycles. The number of carbonyl (C=O) groups is 1. The highest BCUT2D eigenvalue weighted by Crippen LogP contribution is 2.25. The van der Waals surface area contributed by atoms with Gasteiger partial charge < -0.3 is 9.64 Å². The predicted molar refractivity (Wildman–Crippen MR) is 104 cm³/mol. The summed E-state index contributed by atoms with van der Waals surface area (Å²) in [5, 5.41) is 0.137. The molecule has 0 saturated carbocycles. The number of nitrogens with zero attached hydrogens (tertiary/aromatic N) is 2. The summed E-state index contributed by atoms with van der Waals surface area (Å²) in [5.41, 5.74) is 1.04. The predicted octanol–water partition coefficient (Wildman–Crippen LogP) is 4.12. The van der Waals surface area contributed by atoms with Crippen molar-refractivity contribution in [1.82, 2.24) is 9.80 Å². The molecule has 1 aliphatic heterocycles. The van der Waals surface area contributed by atoms with Crippen LogP contribution in [0.2, 0.25) is 5.02 Å². The van der Waals surface area contributed by atoms with Crippen LogP contribution in [-0.4, -0.2) is 47.5 Å². The molecule has 2 aromatic carbocycles. The van der Waals surface area contributed by atoms with Crippen LogP contribution < -0.4 is 4.74 Å². The van der Waals surface area contributed by atoms with Crippen LogP contribution in [0.5, 0.6) is 5.75 Å². The highest BCUT2D eigenvalue weighted by atomic mass is 35.5. The first-order chi connectivity index (χ1) is 13.3. The van der Waals surface area contributed by atoms with Crippen LogP contribution in [0.25, 0.3) is 0 Å². The van der Waals surface area contributed by atoms with Crippen molar-refractivity contribution in [3.05, 3.63) is 64.7 Å². The smallest absolute Gasteiger partial charge is 0.260 e. The van der Waals surface area contributed by atoms with E-state index in [0.29, 0.717) is 19.6 Å². The first-order valence-electron chi connectivity index (χ1n) is 9.19. The molecule has 0 spiro atoms. The number of carbonyl (C=O) groups excluding carboxylic acids is 1. The largest absolute Gasteiger partial charge is 0.482 e. The lowest BCUT2D eigenvalue weighted by molar-refractivity contribution is -0.139. The minimum atomic E-state index is -0.455. The van der Waals surface area contributed by atoms with E-state index in [1.807, 2.05) is 6.92 Å². The van der Waals surface area contributed by atoms with E-state index in [0.717, 1.165) is 11.6 Å². The topological polar surface area (TPSA) is 32.8 Å². The van der Waals surface area contributed by atoms with Gasteiger partial charge in [-0.2, -0.15) is 0 Å². The number of benzene rings is 2. The summed E-state index contributed by atoms with van der Waals surface area (Å²) in [7, 11) is 0. The van der Waals surface area contributed by atoms with Crippen LogP contribution in [0.3, 0.4) is 0 Å². The molecule has 7 heteroatoms. The highest BCUT2D eigenvalue weighted by molar-refractivity contribution is 6.32. The number of hydrogen-bond acceptors (Lipinski definition) is 3. The van der Waals surface area contributed by atoms with Crippen LogP contribution in [-0.2, 0) is 11.3 Å². The van der Waals surface area contributed by atoms with Crippen LogP contribution >= 0.6 is 11.6 Å². The SMILES string of the molecule is CC1CN(C(=O)COc2ccc(F)cc2Cl)C(C)CN1Cc1ccc(F)cc1. The van der Waals surface area contributed by atoms with Gasteiger partial charge in [-0.3, -0.25) is 9.69 Å². The standard InChI is InChI=1S/C21H23ClF2N2O2/c1-14-11-26(21(27)13-28-20-8-7-18(24)9-19(20)22)15(2)10-25(14)12-16-3-5-17(23)6-4-16/h3-9,14-15H,10-13H2,1-2H3. The van der Waals surface area contributed by atoms with Crippen molar-refractivity contribution in [1.29, 1.82) is 0 Å². The Bertz CT molecular complexity index is 832. The van der Waals surface area contributed by atoms with Crippen molar-refractivity contribution < 1.29 is 18.3 Å². The Kier molecular flexibility index (Phi) is 6.52. The van der Waals surface area contributed by atoms with Gasteiger partial charge in [0.2, 0.25) is 0 Å². The number of piperazine rings is 1. The van der Waals surface area contributed by atoms with Gasteiger partial charge in [-0.1, -0.05) is 23.7 Å². The second kappa shape index (κ2) is 8.88. The number of rotatable bonds is 5. The second-order valence-corrected chi connectivity index (χ2v) is 7.57. The summed E-state index contributed by atoms with van der Waals surface area (Å²) in [6, 6.07) is 10.5. The van der Waals surface area contributed by atoms with Crippen LogP contribution in [0, 0.1) is 11.6 Å². The number of ether oxygens (including phenoxy) is 1. The van der Waals surface area contributed by atoms with Gasteiger partial charge in [-0.05, 0) is 49.7 Å². The van der Waals surface area contributed by atoms with Crippen molar-refractivity contribution in [2.75, 3.05) is 19.7 Å². The van der Waals surface area contributed by atoms with Crippen LogP contribution in [0.15, 0.2) is 42.5 Å². The van der Waals surface area contributed by atoms with Crippen LogP contribution in [0.1, 0.15) is 19.4 Å². The monoisotopic (exact) mass is 408 g/mol. The van der Waals surface area contributed by atoms with E-state index in [2.05, 4.69) is 11.8 Å². The highest BCUT2D eigenvalue weighted by Gasteiger charge is 2.32. The third-order valence-corrected chi connectivity index (χ3v) is 5.27. The average Bonchev–Trinajstić information content (AvgIpc) is 2.65. The molecule has 0 N–H and O–H groups in total. The summed E-state index contributed by atoms with van der Waals surface area (Å²) >= 11 is 5.94. The van der Waals surface area contributed by atoms with Crippen molar-refractivity contribution >= 4 is 17.5 Å². The molecule has 2 aromatic rings. The fraction of sp³-hybridized carbons (Fsp3) is 0.381. The molecule has 0 bridgehead atoms. The zero-order chi connectivity index (χ0) is 20.3. The minimum Gasteiger partial charge on any atom is -0.482 e. The van der Waals surface area contributed by atoms with Crippen molar-refractivity contribution in [3.63, 3.8) is 0 Å². The fourth-order valence-electron chi connectivity index (χ4n) is 3.40. The second-order valence-electron chi connectivity index (χ2n) is 7.16. The van der Waals surface area contributed by atoms with Gasteiger partial charge in [-0.25, -0.2) is 8.78 Å². The van der Waals surface area contributed by atoms with Gasteiger partial charge >= 0.3 is 0 Å². The Morgan fingerprint density at radius 1 is 1.07 bits per heavy atom. The number of amides is 1. The molecule has 1 saturated heterocycles. The molecule has 3 rings (SSSR count). The Balaban J connectivity index is 1.57. The quantitative estimate of drug-likeness (QED) is 0.746. The molecule has 0 aliphatic carbocycles. The average molecular weight is 409 g/mol. The fourth-order valence-corrected chi connectivity index (χ4v) is 3.63. The molecular formula is C21H23ClF2N2O2. The number of halogens is 3. The minimum absolute atomic E-state index is 0.0106.